The van der Waals surface area contributed by atoms with Gasteiger partial charge in [0, 0.05) is 17.3 Å². The lowest BCUT2D eigenvalue weighted by molar-refractivity contribution is 1.14. The Morgan fingerprint density at radius 3 is 1.73 bits per heavy atom. The monoisotopic (exact) mass is 511 g/mol. The lowest BCUT2D eigenvalue weighted by Crippen LogP contribution is -1.99. The van der Waals surface area contributed by atoms with Crippen LogP contribution in [0.1, 0.15) is 0 Å². The molecular weight excluding hydrogens is 486 g/mol. The molecule has 8 aromatic rings. The Labute approximate surface area is 232 Å². The number of aromatic nitrogens is 3. The maximum Gasteiger partial charge on any atom is 0.137 e. The van der Waals surface area contributed by atoms with Gasteiger partial charge in [0.2, 0.25) is 0 Å². The minimum atomic E-state index is 0.946. The molecule has 188 valence electrons. The minimum absolute atomic E-state index is 0.946. The molecule has 3 aromatic heterocycles. The van der Waals surface area contributed by atoms with Crippen LogP contribution in [0.3, 0.4) is 0 Å². The van der Waals surface area contributed by atoms with E-state index in [1.165, 1.54) is 33.2 Å². The molecule has 0 saturated heterocycles. The van der Waals surface area contributed by atoms with Crippen molar-refractivity contribution in [1.82, 2.24) is 14.0 Å². The summed E-state index contributed by atoms with van der Waals surface area (Å²) in [5.41, 5.74) is 12.3. The topological polar surface area (TPSA) is 22.2 Å². The van der Waals surface area contributed by atoms with Crippen molar-refractivity contribution in [2.24, 2.45) is 0 Å². The van der Waals surface area contributed by atoms with E-state index in [1.54, 1.807) is 0 Å². The lowest BCUT2D eigenvalue weighted by Gasteiger charge is -2.16. The van der Waals surface area contributed by atoms with Crippen molar-refractivity contribution in [1.29, 1.82) is 0 Å². The summed E-state index contributed by atoms with van der Waals surface area (Å²) in [5, 5.41) is 1.17. The predicted molar refractivity (Wildman–Crippen MR) is 166 cm³/mol. The summed E-state index contributed by atoms with van der Waals surface area (Å²) >= 11 is 0. The first kappa shape index (κ1) is 22.6. The average molecular weight is 512 g/mol. The van der Waals surface area contributed by atoms with E-state index in [-0.39, 0.29) is 0 Å². The second kappa shape index (κ2) is 9.11. The summed E-state index contributed by atoms with van der Waals surface area (Å²) in [5.74, 6) is 0. The fraction of sp³-hybridized carbons (Fsp3) is 0. The number of benzene rings is 5. The first-order chi connectivity index (χ1) is 19.8. The highest BCUT2D eigenvalue weighted by Crippen LogP contribution is 2.38. The van der Waals surface area contributed by atoms with Gasteiger partial charge in [0.15, 0.2) is 0 Å². The van der Waals surface area contributed by atoms with Gasteiger partial charge in [0.25, 0.3) is 0 Å². The molecule has 40 heavy (non-hydrogen) atoms. The van der Waals surface area contributed by atoms with Crippen LogP contribution in [-0.4, -0.2) is 14.0 Å². The van der Waals surface area contributed by atoms with Crippen molar-refractivity contribution in [3.8, 4) is 39.2 Å². The molecule has 3 heterocycles. The Balaban J connectivity index is 1.51. The van der Waals surface area contributed by atoms with E-state index in [0.29, 0.717) is 0 Å². The number of hydrogen-bond acceptors (Lipinski definition) is 1. The number of fused-ring (bicyclic) bond motifs is 5. The summed E-state index contributed by atoms with van der Waals surface area (Å²) in [7, 11) is 0. The van der Waals surface area contributed by atoms with Crippen molar-refractivity contribution in [3.63, 3.8) is 0 Å². The van der Waals surface area contributed by atoms with Gasteiger partial charge in [0.05, 0.1) is 16.7 Å². The molecule has 3 heteroatoms. The van der Waals surface area contributed by atoms with Crippen LogP contribution in [0.25, 0.3) is 66.8 Å². The third-order valence-corrected chi connectivity index (χ3v) is 7.70. The normalized spacial score (nSPS) is 11.5. The standard InChI is InChI=1S/C37H25N3/c1-4-12-26(13-5-1)30-22-31(27-14-6-2-7-15-27)24-32(23-30)40-34(28-16-8-3-9-17-28)25-29-19-20-33-36(37(29)40)38-35-18-10-11-21-39(33)35/h1-25H. The number of imidazole rings is 1. The van der Waals surface area contributed by atoms with Gasteiger partial charge in [-0.25, -0.2) is 4.98 Å². The third kappa shape index (κ3) is 3.63. The SMILES string of the molecule is c1ccc(-c2cc(-c3ccccc3)cc(-n3c(-c4ccccc4)cc4ccc5c(nc6ccccn65)c43)c2)cc1. The number of hydrogen-bond donors (Lipinski definition) is 0. The van der Waals surface area contributed by atoms with Crippen molar-refractivity contribution in [2.75, 3.05) is 0 Å². The summed E-state index contributed by atoms with van der Waals surface area (Å²) in [6, 6.07) is 51.7. The zero-order valence-corrected chi connectivity index (χ0v) is 21.8. The minimum Gasteiger partial charge on any atom is -0.307 e. The highest BCUT2D eigenvalue weighted by atomic mass is 15.0. The average Bonchev–Trinajstić information content (AvgIpc) is 3.61. The van der Waals surface area contributed by atoms with E-state index < -0.39 is 0 Å². The van der Waals surface area contributed by atoms with Crippen LogP contribution in [0.4, 0.5) is 0 Å². The molecule has 0 amide bonds. The van der Waals surface area contributed by atoms with Crippen LogP contribution >= 0.6 is 0 Å². The predicted octanol–water partition coefficient (Wildman–Crippen LogP) is 9.43. The zero-order chi connectivity index (χ0) is 26.5. The van der Waals surface area contributed by atoms with Gasteiger partial charge in [-0.3, -0.25) is 4.40 Å². The largest absolute Gasteiger partial charge is 0.307 e. The molecule has 3 nitrogen and oxygen atoms in total. The van der Waals surface area contributed by atoms with Gasteiger partial charge in [-0.1, -0.05) is 103 Å². The quantitative estimate of drug-likeness (QED) is 0.231. The van der Waals surface area contributed by atoms with Crippen LogP contribution in [0.2, 0.25) is 0 Å². The van der Waals surface area contributed by atoms with Gasteiger partial charge >= 0.3 is 0 Å². The van der Waals surface area contributed by atoms with E-state index >= 15 is 0 Å². The van der Waals surface area contributed by atoms with E-state index in [2.05, 4.69) is 155 Å². The molecule has 0 spiro atoms. The summed E-state index contributed by atoms with van der Waals surface area (Å²) in [4.78, 5) is 5.14. The summed E-state index contributed by atoms with van der Waals surface area (Å²) < 4.78 is 4.57. The smallest absolute Gasteiger partial charge is 0.137 e. The Kier molecular flexibility index (Phi) is 5.14. The summed E-state index contributed by atoms with van der Waals surface area (Å²) in [6.07, 6.45) is 2.09. The Hall–Kier alpha value is -5.41. The first-order valence-corrected chi connectivity index (χ1v) is 13.6. The number of pyridine rings is 1. The maximum atomic E-state index is 5.14. The lowest BCUT2D eigenvalue weighted by atomic mass is 9.97. The molecule has 0 N–H and O–H groups in total. The van der Waals surface area contributed by atoms with Crippen LogP contribution in [0.5, 0.6) is 0 Å². The molecule has 0 aliphatic heterocycles. The zero-order valence-electron chi connectivity index (χ0n) is 21.8. The number of nitrogens with zero attached hydrogens (tertiary/aromatic N) is 3. The van der Waals surface area contributed by atoms with Gasteiger partial charge in [-0.15, -0.1) is 0 Å². The van der Waals surface area contributed by atoms with E-state index in [4.69, 9.17) is 4.98 Å². The van der Waals surface area contributed by atoms with Crippen LogP contribution in [0.15, 0.2) is 152 Å². The Morgan fingerprint density at radius 1 is 0.475 bits per heavy atom. The Bertz CT molecular complexity index is 2080. The third-order valence-electron chi connectivity index (χ3n) is 7.70. The second-order valence-corrected chi connectivity index (χ2v) is 10.1. The van der Waals surface area contributed by atoms with Gasteiger partial charge in [-0.2, -0.15) is 0 Å². The van der Waals surface area contributed by atoms with Crippen molar-refractivity contribution >= 4 is 27.6 Å². The molecule has 8 rings (SSSR count). The Morgan fingerprint density at radius 2 is 1.07 bits per heavy atom. The van der Waals surface area contributed by atoms with Crippen molar-refractivity contribution < 1.29 is 0 Å². The molecule has 5 aromatic carbocycles. The number of rotatable bonds is 4. The van der Waals surface area contributed by atoms with E-state index in [1.807, 2.05) is 6.07 Å². The van der Waals surface area contributed by atoms with Gasteiger partial charge < -0.3 is 4.57 Å². The molecule has 0 atom stereocenters. The van der Waals surface area contributed by atoms with Crippen LogP contribution < -0.4 is 0 Å². The van der Waals surface area contributed by atoms with Gasteiger partial charge in [-0.05, 0) is 70.3 Å². The van der Waals surface area contributed by atoms with Crippen molar-refractivity contribution in [2.45, 2.75) is 0 Å². The molecular formula is C37H25N3. The fourth-order valence-corrected chi connectivity index (χ4v) is 5.84. The molecule has 0 saturated carbocycles. The highest BCUT2D eigenvalue weighted by molar-refractivity contribution is 6.07. The fourth-order valence-electron chi connectivity index (χ4n) is 5.84. The van der Waals surface area contributed by atoms with E-state index in [9.17, 15) is 0 Å². The second-order valence-electron chi connectivity index (χ2n) is 10.1. The molecule has 0 bridgehead atoms. The molecule has 0 radical (unpaired) electrons. The van der Waals surface area contributed by atoms with Crippen LogP contribution in [-0.2, 0) is 0 Å². The molecule has 0 unspecified atom stereocenters. The highest BCUT2D eigenvalue weighted by Gasteiger charge is 2.19. The van der Waals surface area contributed by atoms with Gasteiger partial charge in [0.1, 0.15) is 11.2 Å². The van der Waals surface area contributed by atoms with Crippen molar-refractivity contribution in [3.05, 3.63) is 152 Å². The molecule has 0 aliphatic carbocycles. The molecule has 0 aliphatic rings. The van der Waals surface area contributed by atoms with E-state index in [0.717, 1.165) is 33.6 Å². The maximum absolute atomic E-state index is 5.14. The summed E-state index contributed by atoms with van der Waals surface area (Å²) in [6.45, 7) is 0. The van der Waals surface area contributed by atoms with Crippen LogP contribution in [0, 0.1) is 0 Å². The first-order valence-electron chi connectivity index (χ1n) is 13.6. The molecule has 0 fully saturated rings.